The lowest BCUT2D eigenvalue weighted by atomic mass is 10.4. The van der Waals surface area contributed by atoms with Crippen molar-refractivity contribution in [3.8, 4) is 0 Å². The molecule has 20 heavy (non-hydrogen) atoms. The maximum atomic E-state index is 10.5. The Labute approximate surface area is 121 Å². The lowest BCUT2D eigenvalue weighted by molar-refractivity contribution is -0.138. The summed E-state index contributed by atoms with van der Waals surface area (Å²) < 4.78 is 0. The summed E-state index contributed by atoms with van der Waals surface area (Å²) in [6.45, 7) is 0. The van der Waals surface area contributed by atoms with Crippen LogP contribution < -0.4 is 11.5 Å². The summed E-state index contributed by atoms with van der Waals surface area (Å²) in [4.78, 5) is 21.0. The largest absolute Gasteiger partial charge is 0.480 e. The quantitative estimate of drug-likeness (QED) is 0.398. The molecule has 0 aliphatic heterocycles. The SMILES string of the molecule is NC(CSc1nnc(SCC(N)C(=O)O)nn1)C(=O)O. The molecule has 0 amide bonds. The Morgan fingerprint density at radius 2 is 1.20 bits per heavy atom. The Morgan fingerprint density at radius 3 is 1.45 bits per heavy atom. The fraction of sp³-hybridized carbons (Fsp3) is 0.500. The Hall–Kier alpha value is -1.50. The number of carbonyl (C=O) groups is 2. The number of carboxylic acid groups (broad SMARTS) is 2. The Morgan fingerprint density at radius 1 is 0.900 bits per heavy atom. The third-order valence-electron chi connectivity index (χ3n) is 1.86. The van der Waals surface area contributed by atoms with E-state index in [4.69, 9.17) is 21.7 Å². The van der Waals surface area contributed by atoms with Gasteiger partial charge in [-0.25, -0.2) is 0 Å². The van der Waals surface area contributed by atoms with Gasteiger partial charge < -0.3 is 21.7 Å². The van der Waals surface area contributed by atoms with E-state index in [1.807, 2.05) is 0 Å². The molecule has 0 saturated carbocycles. The molecule has 6 N–H and O–H groups in total. The topological polar surface area (TPSA) is 178 Å². The number of aromatic nitrogens is 4. The maximum Gasteiger partial charge on any atom is 0.321 e. The van der Waals surface area contributed by atoms with Gasteiger partial charge in [-0.05, 0) is 0 Å². The van der Waals surface area contributed by atoms with Crippen molar-refractivity contribution in [1.82, 2.24) is 20.4 Å². The zero-order chi connectivity index (χ0) is 15.1. The van der Waals surface area contributed by atoms with Crippen LogP contribution >= 0.6 is 23.5 Å². The highest BCUT2D eigenvalue weighted by molar-refractivity contribution is 7.99. The molecule has 0 aliphatic carbocycles. The molecule has 2 atom stereocenters. The number of nitrogens with two attached hydrogens (primary N) is 2. The van der Waals surface area contributed by atoms with E-state index < -0.39 is 24.0 Å². The molecular formula is C8H12N6O4S2. The van der Waals surface area contributed by atoms with Gasteiger partial charge in [0.25, 0.3) is 0 Å². The van der Waals surface area contributed by atoms with Crippen LogP contribution in [0.25, 0.3) is 0 Å². The minimum Gasteiger partial charge on any atom is -0.480 e. The number of hydrogen-bond donors (Lipinski definition) is 4. The Bertz CT molecular complexity index is 430. The fourth-order valence-electron chi connectivity index (χ4n) is 0.798. The molecule has 0 spiro atoms. The first kappa shape index (κ1) is 16.6. The molecule has 1 aromatic rings. The molecule has 12 heteroatoms. The van der Waals surface area contributed by atoms with Crippen LogP contribution in [0.1, 0.15) is 0 Å². The zero-order valence-electron chi connectivity index (χ0n) is 10.0. The van der Waals surface area contributed by atoms with Crippen LogP contribution in [0, 0.1) is 0 Å². The first-order chi connectivity index (χ1) is 9.40. The van der Waals surface area contributed by atoms with E-state index in [0.29, 0.717) is 0 Å². The smallest absolute Gasteiger partial charge is 0.321 e. The summed E-state index contributed by atoms with van der Waals surface area (Å²) in [6.07, 6.45) is 0. The second-order valence-corrected chi connectivity index (χ2v) is 5.45. The Balaban J connectivity index is 2.44. The first-order valence-electron chi connectivity index (χ1n) is 5.20. The summed E-state index contributed by atoms with van der Waals surface area (Å²) in [6, 6.07) is -2.04. The van der Waals surface area contributed by atoms with Crippen LogP contribution in [0.2, 0.25) is 0 Å². The van der Waals surface area contributed by atoms with E-state index in [2.05, 4.69) is 20.4 Å². The molecule has 1 aromatic heterocycles. The van der Waals surface area contributed by atoms with Crippen LogP contribution in [0.15, 0.2) is 10.3 Å². The van der Waals surface area contributed by atoms with Crippen molar-refractivity contribution in [2.75, 3.05) is 11.5 Å². The third-order valence-corrected chi connectivity index (χ3v) is 3.76. The number of hydrogen-bond acceptors (Lipinski definition) is 10. The van der Waals surface area contributed by atoms with Crippen LogP contribution in [-0.2, 0) is 9.59 Å². The van der Waals surface area contributed by atoms with E-state index in [9.17, 15) is 9.59 Å². The molecule has 2 unspecified atom stereocenters. The molecule has 0 bridgehead atoms. The average Bonchev–Trinajstić information content (AvgIpc) is 2.42. The van der Waals surface area contributed by atoms with Gasteiger partial charge in [0.1, 0.15) is 12.1 Å². The van der Waals surface area contributed by atoms with E-state index in [1.54, 1.807) is 0 Å². The predicted molar refractivity (Wildman–Crippen MR) is 70.3 cm³/mol. The van der Waals surface area contributed by atoms with E-state index in [1.165, 1.54) is 0 Å². The van der Waals surface area contributed by atoms with Crippen LogP contribution in [0.3, 0.4) is 0 Å². The van der Waals surface area contributed by atoms with E-state index in [-0.39, 0.29) is 21.8 Å². The summed E-state index contributed by atoms with van der Waals surface area (Å²) in [5.41, 5.74) is 10.6. The third kappa shape index (κ3) is 5.64. The van der Waals surface area contributed by atoms with E-state index >= 15 is 0 Å². The minimum atomic E-state index is -1.12. The summed E-state index contributed by atoms with van der Waals surface area (Å²) in [5.74, 6) is -2.05. The van der Waals surface area contributed by atoms with Gasteiger partial charge in [-0.15, -0.1) is 20.4 Å². The number of aliphatic carboxylic acids is 2. The molecule has 110 valence electrons. The minimum absolute atomic E-state index is 0.0923. The molecule has 0 fully saturated rings. The van der Waals surface area contributed by atoms with Crippen molar-refractivity contribution in [3.05, 3.63) is 0 Å². The molecular weight excluding hydrogens is 308 g/mol. The second-order valence-electron chi connectivity index (χ2n) is 3.48. The van der Waals surface area contributed by atoms with Crippen molar-refractivity contribution in [3.63, 3.8) is 0 Å². The summed E-state index contributed by atoms with van der Waals surface area (Å²) >= 11 is 2.03. The van der Waals surface area contributed by atoms with Gasteiger partial charge in [-0.1, -0.05) is 23.5 Å². The maximum absolute atomic E-state index is 10.5. The van der Waals surface area contributed by atoms with Crippen molar-refractivity contribution in [1.29, 1.82) is 0 Å². The highest BCUT2D eigenvalue weighted by Gasteiger charge is 2.15. The van der Waals surface area contributed by atoms with Gasteiger partial charge in [0, 0.05) is 11.5 Å². The van der Waals surface area contributed by atoms with Gasteiger partial charge in [0.15, 0.2) is 0 Å². The number of rotatable bonds is 8. The summed E-state index contributed by atoms with van der Waals surface area (Å²) in [7, 11) is 0. The fourth-order valence-corrected chi connectivity index (χ4v) is 2.13. The van der Waals surface area contributed by atoms with Crippen LogP contribution in [0.4, 0.5) is 0 Å². The lowest BCUT2D eigenvalue weighted by Gasteiger charge is -2.05. The average molecular weight is 320 g/mol. The molecule has 0 aromatic carbocycles. The number of thioether (sulfide) groups is 2. The molecule has 0 radical (unpaired) electrons. The number of nitrogens with zero attached hydrogens (tertiary/aromatic N) is 4. The summed E-state index contributed by atoms with van der Waals surface area (Å²) in [5, 5.41) is 32.4. The zero-order valence-corrected chi connectivity index (χ0v) is 11.7. The monoisotopic (exact) mass is 320 g/mol. The first-order valence-corrected chi connectivity index (χ1v) is 7.17. The molecule has 0 aliphatic rings. The highest BCUT2D eigenvalue weighted by Crippen LogP contribution is 2.15. The lowest BCUT2D eigenvalue weighted by Crippen LogP contribution is -2.32. The van der Waals surface area contributed by atoms with Gasteiger partial charge in [-0.3, -0.25) is 9.59 Å². The van der Waals surface area contributed by atoms with Crippen molar-refractivity contribution in [2.45, 2.75) is 22.4 Å². The van der Waals surface area contributed by atoms with Crippen LogP contribution in [-0.4, -0.2) is 66.1 Å². The van der Waals surface area contributed by atoms with Crippen molar-refractivity contribution in [2.24, 2.45) is 11.5 Å². The predicted octanol–water partition coefficient (Wildman–Crippen LogP) is -1.73. The Kier molecular flexibility index (Phi) is 6.57. The second kappa shape index (κ2) is 7.94. The highest BCUT2D eigenvalue weighted by atomic mass is 32.2. The van der Waals surface area contributed by atoms with Gasteiger partial charge in [0.05, 0.1) is 0 Å². The van der Waals surface area contributed by atoms with Crippen molar-refractivity contribution >= 4 is 35.5 Å². The molecule has 1 heterocycles. The van der Waals surface area contributed by atoms with E-state index in [0.717, 1.165) is 23.5 Å². The molecule has 1 rings (SSSR count). The molecule has 10 nitrogen and oxygen atoms in total. The van der Waals surface area contributed by atoms with Crippen molar-refractivity contribution < 1.29 is 19.8 Å². The van der Waals surface area contributed by atoms with Gasteiger partial charge in [-0.2, -0.15) is 0 Å². The van der Waals surface area contributed by atoms with Gasteiger partial charge >= 0.3 is 11.9 Å². The normalized spacial score (nSPS) is 13.7. The van der Waals surface area contributed by atoms with Gasteiger partial charge in [0.2, 0.25) is 10.3 Å². The standard InChI is InChI=1S/C8H12N6O4S2/c9-3(5(15)16)1-19-7-11-13-8(14-12-7)20-2-4(10)6(17)18/h3-4H,1-2,9-10H2,(H,15,16)(H,17,18). The molecule has 0 saturated heterocycles. The number of carboxylic acids is 2. The van der Waals surface area contributed by atoms with Crippen LogP contribution in [0.5, 0.6) is 0 Å².